The first kappa shape index (κ1) is 14.7. The topological polar surface area (TPSA) is 47.6 Å². The second-order valence-electron chi connectivity index (χ2n) is 3.85. The molecule has 1 aromatic carbocycles. The normalized spacial score (nSPS) is 10.3. The highest BCUT2D eigenvalue weighted by molar-refractivity contribution is 5.94. The number of ether oxygens (including phenoxy) is 2. The van der Waals surface area contributed by atoms with Gasteiger partial charge in [-0.2, -0.15) is 0 Å². The van der Waals surface area contributed by atoms with E-state index in [0.717, 1.165) is 13.0 Å². The van der Waals surface area contributed by atoms with Crippen LogP contribution in [0.5, 0.6) is 0 Å². The Hall–Kier alpha value is -1.39. The van der Waals surface area contributed by atoms with E-state index >= 15 is 0 Å². The summed E-state index contributed by atoms with van der Waals surface area (Å²) in [5, 5.41) is 2.80. The monoisotopic (exact) mass is 251 g/mol. The zero-order valence-electron chi connectivity index (χ0n) is 10.9. The zero-order chi connectivity index (χ0) is 13.1. The van der Waals surface area contributed by atoms with Gasteiger partial charge in [0.05, 0.1) is 19.8 Å². The van der Waals surface area contributed by atoms with Crippen LogP contribution in [-0.4, -0.2) is 38.9 Å². The lowest BCUT2D eigenvalue weighted by Gasteiger charge is -2.06. The minimum Gasteiger partial charge on any atom is -0.379 e. The Labute approximate surface area is 108 Å². The van der Waals surface area contributed by atoms with E-state index in [-0.39, 0.29) is 5.91 Å². The van der Waals surface area contributed by atoms with E-state index in [0.29, 0.717) is 31.9 Å². The molecule has 0 bridgehead atoms. The maximum atomic E-state index is 11.6. The molecule has 100 valence electrons. The molecule has 18 heavy (non-hydrogen) atoms. The van der Waals surface area contributed by atoms with E-state index in [4.69, 9.17) is 9.47 Å². The molecule has 0 aliphatic carbocycles. The highest BCUT2D eigenvalue weighted by Crippen LogP contribution is 1.97. The molecule has 0 aliphatic heterocycles. The van der Waals surface area contributed by atoms with E-state index < -0.39 is 0 Å². The van der Waals surface area contributed by atoms with Crippen LogP contribution in [0.15, 0.2) is 30.3 Å². The molecule has 0 saturated heterocycles. The van der Waals surface area contributed by atoms with Crippen molar-refractivity contribution < 1.29 is 14.3 Å². The van der Waals surface area contributed by atoms with Crippen molar-refractivity contribution in [1.29, 1.82) is 0 Å². The van der Waals surface area contributed by atoms with Crippen LogP contribution in [0.2, 0.25) is 0 Å². The van der Waals surface area contributed by atoms with Crippen molar-refractivity contribution in [2.75, 3.05) is 33.0 Å². The van der Waals surface area contributed by atoms with Gasteiger partial charge in [-0.05, 0) is 18.6 Å². The number of amides is 1. The second kappa shape index (κ2) is 9.62. The molecule has 4 heteroatoms. The maximum Gasteiger partial charge on any atom is 0.251 e. The summed E-state index contributed by atoms with van der Waals surface area (Å²) in [5.74, 6) is -0.0681. The number of benzene rings is 1. The Morgan fingerprint density at radius 1 is 1.06 bits per heavy atom. The molecular formula is C14H21NO3. The molecule has 0 atom stereocenters. The second-order valence-corrected chi connectivity index (χ2v) is 3.85. The van der Waals surface area contributed by atoms with E-state index in [1.807, 2.05) is 18.2 Å². The van der Waals surface area contributed by atoms with Crippen molar-refractivity contribution in [2.24, 2.45) is 0 Å². The number of carbonyl (C=O) groups is 1. The number of hydrogen-bond donors (Lipinski definition) is 1. The van der Waals surface area contributed by atoms with Crippen LogP contribution < -0.4 is 5.32 Å². The first-order valence-electron chi connectivity index (χ1n) is 6.33. The molecule has 1 amide bonds. The van der Waals surface area contributed by atoms with Gasteiger partial charge >= 0.3 is 0 Å². The van der Waals surface area contributed by atoms with Gasteiger partial charge in [-0.15, -0.1) is 0 Å². The average molecular weight is 251 g/mol. The van der Waals surface area contributed by atoms with Gasteiger partial charge in [-0.3, -0.25) is 4.79 Å². The lowest BCUT2D eigenvalue weighted by Crippen LogP contribution is -2.27. The average Bonchev–Trinajstić information content (AvgIpc) is 2.42. The standard InChI is InChI=1S/C14H21NO3/c1-2-9-17-11-12-18-10-8-15-14(16)13-6-4-3-5-7-13/h3-7H,2,8-12H2,1H3,(H,15,16). The molecule has 0 aromatic heterocycles. The van der Waals surface area contributed by atoms with Gasteiger partial charge < -0.3 is 14.8 Å². The SMILES string of the molecule is CCCOCCOCCNC(=O)c1ccccc1. The molecule has 1 aromatic rings. The van der Waals surface area contributed by atoms with Gasteiger partial charge in [0, 0.05) is 18.7 Å². The molecule has 0 radical (unpaired) electrons. The first-order valence-corrected chi connectivity index (χ1v) is 6.33. The van der Waals surface area contributed by atoms with Crippen molar-refractivity contribution in [3.63, 3.8) is 0 Å². The minimum absolute atomic E-state index is 0.0681. The van der Waals surface area contributed by atoms with Crippen molar-refractivity contribution >= 4 is 5.91 Å². The third-order valence-electron chi connectivity index (χ3n) is 2.29. The lowest BCUT2D eigenvalue weighted by atomic mass is 10.2. The van der Waals surface area contributed by atoms with Crippen molar-refractivity contribution in [2.45, 2.75) is 13.3 Å². The molecule has 0 heterocycles. The van der Waals surface area contributed by atoms with Crippen molar-refractivity contribution in [3.8, 4) is 0 Å². The van der Waals surface area contributed by atoms with E-state index in [1.165, 1.54) is 0 Å². The van der Waals surface area contributed by atoms with Crippen LogP contribution in [0.3, 0.4) is 0 Å². The molecule has 4 nitrogen and oxygen atoms in total. The third kappa shape index (κ3) is 6.37. The maximum absolute atomic E-state index is 11.6. The van der Waals surface area contributed by atoms with Gasteiger partial charge in [0.15, 0.2) is 0 Å². The van der Waals surface area contributed by atoms with E-state index in [1.54, 1.807) is 12.1 Å². The highest BCUT2D eigenvalue weighted by Gasteiger charge is 2.02. The summed E-state index contributed by atoms with van der Waals surface area (Å²) < 4.78 is 10.6. The van der Waals surface area contributed by atoms with Crippen LogP contribution in [-0.2, 0) is 9.47 Å². The number of carbonyl (C=O) groups excluding carboxylic acids is 1. The van der Waals surface area contributed by atoms with Crippen LogP contribution in [0.4, 0.5) is 0 Å². The number of rotatable bonds is 9. The summed E-state index contributed by atoms with van der Waals surface area (Å²) in [7, 11) is 0. The van der Waals surface area contributed by atoms with Gasteiger partial charge in [-0.25, -0.2) is 0 Å². The fourth-order valence-electron chi connectivity index (χ4n) is 1.39. The lowest BCUT2D eigenvalue weighted by molar-refractivity contribution is 0.0485. The number of hydrogen-bond acceptors (Lipinski definition) is 3. The summed E-state index contributed by atoms with van der Waals surface area (Å²) in [6.07, 6.45) is 1.02. The Kier molecular flexibility index (Phi) is 7.84. The summed E-state index contributed by atoms with van der Waals surface area (Å²) in [4.78, 5) is 11.6. The molecule has 1 N–H and O–H groups in total. The molecule has 0 spiro atoms. The summed E-state index contributed by atoms with van der Waals surface area (Å²) >= 11 is 0. The fraction of sp³-hybridized carbons (Fsp3) is 0.500. The molecule has 1 rings (SSSR count). The Morgan fingerprint density at radius 2 is 1.72 bits per heavy atom. The predicted octanol–water partition coefficient (Wildman–Crippen LogP) is 1.86. The van der Waals surface area contributed by atoms with E-state index in [9.17, 15) is 4.79 Å². The largest absolute Gasteiger partial charge is 0.379 e. The van der Waals surface area contributed by atoms with Crippen LogP contribution in [0.1, 0.15) is 23.7 Å². The van der Waals surface area contributed by atoms with E-state index in [2.05, 4.69) is 12.2 Å². The van der Waals surface area contributed by atoms with Crippen molar-refractivity contribution in [3.05, 3.63) is 35.9 Å². The van der Waals surface area contributed by atoms with Gasteiger partial charge in [-0.1, -0.05) is 25.1 Å². The summed E-state index contributed by atoms with van der Waals surface area (Å²) in [6.45, 7) is 5.05. The zero-order valence-corrected chi connectivity index (χ0v) is 10.9. The fourth-order valence-corrected chi connectivity index (χ4v) is 1.39. The van der Waals surface area contributed by atoms with Gasteiger partial charge in [0.25, 0.3) is 5.91 Å². The summed E-state index contributed by atoms with van der Waals surface area (Å²) in [5.41, 5.74) is 0.670. The Morgan fingerprint density at radius 3 is 2.39 bits per heavy atom. The molecule has 0 fully saturated rings. The minimum atomic E-state index is -0.0681. The van der Waals surface area contributed by atoms with Crippen molar-refractivity contribution in [1.82, 2.24) is 5.32 Å². The van der Waals surface area contributed by atoms with Crippen LogP contribution >= 0.6 is 0 Å². The van der Waals surface area contributed by atoms with Crippen LogP contribution in [0, 0.1) is 0 Å². The quantitative estimate of drug-likeness (QED) is 0.681. The smallest absolute Gasteiger partial charge is 0.251 e. The molecule has 0 unspecified atom stereocenters. The first-order chi connectivity index (χ1) is 8.84. The molecular weight excluding hydrogens is 230 g/mol. The molecule has 0 aliphatic rings. The Bertz CT molecular complexity index is 327. The number of nitrogens with one attached hydrogen (secondary N) is 1. The summed E-state index contributed by atoms with van der Waals surface area (Å²) in [6, 6.07) is 9.15. The van der Waals surface area contributed by atoms with Crippen LogP contribution in [0.25, 0.3) is 0 Å². The highest BCUT2D eigenvalue weighted by atomic mass is 16.5. The predicted molar refractivity (Wildman–Crippen MR) is 70.7 cm³/mol. The van der Waals surface area contributed by atoms with Gasteiger partial charge in [0.2, 0.25) is 0 Å². The van der Waals surface area contributed by atoms with Gasteiger partial charge in [0.1, 0.15) is 0 Å². The third-order valence-corrected chi connectivity index (χ3v) is 2.29. The molecule has 0 saturated carbocycles. The Balaban J connectivity index is 2.00.